The van der Waals surface area contributed by atoms with Crippen molar-refractivity contribution in [2.24, 2.45) is 5.92 Å². The number of amides is 1. The van der Waals surface area contributed by atoms with Gasteiger partial charge in [0.15, 0.2) is 0 Å². The summed E-state index contributed by atoms with van der Waals surface area (Å²) in [6.45, 7) is 3.74. The molecule has 4 nitrogen and oxygen atoms in total. The normalized spacial score (nSPS) is 26.8. The van der Waals surface area contributed by atoms with Crippen molar-refractivity contribution < 1.29 is 14.3 Å². The number of cyclic esters (lactones) is 1. The van der Waals surface area contributed by atoms with Crippen molar-refractivity contribution >= 4 is 11.9 Å². The molecule has 3 atom stereocenters. The Hall–Kier alpha value is -1.84. The maximum absolute atomic E-state index is 11.8. The molecule has 1 aromatic carbocycles. The Morgan fingerprint density at radius 1 is 1.28 bits per heavy atom. The van der Waals surface area contributed by atoms with Crippen LogP contribution in [0.2, 0.25) is 0 Å². The molecule has 1 fully saturated rings. The van der Waals surface area contributed by atoms with Crippen LogP contribution in [0.25, 0.3) is 0 Å². The quantitative estimate of drug-likeness (QED) is 0.819. The molecule has 3 unspecified atom stereocenters. The monoisotopic (exact) mass is 247 g/mol. The molecule has 1 heterocycles. The second-order valence-corrected chi connectivity index (χ2v) is 4.71. The van der Waals surface area contributed by atoms with E-state index in [1.54, 1.807) is 0 Å². The predicted molar refractivity (Wildman–Crippen MR) is 66.8 cm³/mol. The van der Waals surface area contributed by atoms with Gasteiger partial charge in [0.05, 0.1) is 6.42 Å². The standard InChI is InChI=1S/C14H17NO3/c1-9-10(2)18-14(17)13(9)15-12(16)8-11-6-4-3-5-7-11/h3-7,9-10,13H,8H2,1-2H3,(H,15,16). The van der Waals surface area contributed by atoms with Crippen LogP contribution in [0.3, 0.4) is 0 Å². The molecule has 0 radical (unpaired) electrons. The van der Waals surface area contributed by atoms with Crippen LogP contribution in [0.15, 0.2) is 30.3 Å². The van der Waals surface area contributed by atoms with Crippen molar-refractivity contribution in [3.05, 3.63) is 35.9 Å². The van der Waals surface area contributed by atoms with E-state index in [1.807, 2.05) is 44.2 Å². The third-order valence-corrected chi connectivity index (χ3v) is 3.35. The lowest BCUT2D eigenvalue weighted by atomic mass is 10.00. The smallest absolute Gasteiger partial charge is 0.329 e. The van der Waals surface area contributed by atoms with Crippen molar-refractivity contribution in [3.8, 4) is 0 Å². The molecule has 18 heavy (non-hydrogen) atoms. The number of nitrogens with one attached hydrogen (secondary N) is 1. The summed E-state index contributed by atoms with van der Waals surface area (Å²) in [6.07, 6.45) is 0.144. The van der Waals surface area contributed by atoms with E-state index in [4.69, 9.17) is 4.74 Å². The summed E-state index contributed by atoms with van der Waals surface area (Å²) in [4.78, 5) is 23.4. The van der Waals surface area contributed by atoms with E-state index in [2.05, 4.69) is 5.32 Å². The van der Waals surface area contributed by atoms with Gasteiger partial charge in [-0.2, -0.15) is 0 Å². The van der Waals surface area contributed by atoms with E-state index in [9.17, 15) is 9.59 Å². The molecular weight excluding hydrogens is 230 g/mol. The average molecular weight is 247 g/mol. The fourth-order valence-corrected chi connectivity index (χ4v) is 2.05. The lowest BCUT2D eigenvalue weighted by Gasteiger charge is -2.14. The molecular formula is C14H17NO3. The van der Waals surface area contributed by atoms with E-state index in [-0.39, 0.29) is 30.3 Å². The molecule has 1 N–H and O–H groups in total. The van der Waals surface area contributed by atoms with Gasteiger partial charge in [0.25, 0.3) is 0 Å². The Kier molecular flexibility index (Phi) is 3.65. The average Bonchev–Trinajstić information content (AvgIpc) is 2.57. The maximum Gasteiger partial charge on any atom is 0.329 e. The maximum atomic E-state index is 11.8. The molecule has 0 aliphatic carbocycles. The van der Waals surface area contributed by atoms with Crippen molar-refractivity contribution in [3.63, 3.8) is 0 Å². The lowest BCUT2D eigenvalue weighted by Crippen LogP contribution is -2.42. The summed E-state index contributed by atoms with van der Waals surface area (Å²) < 4.78 is 5.08. The van der Waals surface area contributed by atoms with Crippen molar-refractivity contribution in [1.29, 1.82) is 0 Å². The van der Waals surface area contributed by atoms with Crippen molar-refractivity contribution in [2.75, 3.05) is 0 Å². The highest BCUT2D eigenvalue weighted by Crippen LogP contribution is 2.21. The van der Waals surface area contributed by atoms with Crippen LogP contribution in [-0.4, -0.2) is 24.0 Å². The zero-order chi connectivity index (χ0) is 13.1. The van der Waals surface area contributed by atoms with E-state index >= 15 is 0 Å². The van der Waals surface area contributed by atoms with Gasteiger partial charge >= 0.3 is 5.97 Å². The van der Waals surface area contributed by atoms with E-state index < -0.39 is 6.04 Å². The first-order chi connectivity index (χ1) is 8.58. The SMILES string of the molecule is CC1OC(=O)C(NC(=O)Cc2ccccc2)C1C. The van der Waals surface area contributed by atoms with Gasteiger partial charge in [-0.3, -0.25) is 4.79 Å². The minimum Gasteiger partial charge on any atom is -0.461 e. The van der Waals surface area contributed by atoms with Crippen LogP contribution in [-0.2, 0) is 20.7 Å². The minimum absolute atomic E-state index is 0.0113. The van der Waals surface area contributed by atoms with Gasteiger partial charge < -0.3 is 10.1 Å². The van der Waals surface area contributed by atoms with Gasteiger partial charge in [0.1, 0.15) is 12.1 Å². The van der Waals surface area contributed by atoms with Gasteiger partial charge in [-0.15, -0.1) is 0 Å². The third kappa shape index (κ3) is 2.70. The number of ether oxygens (including phenoxy) is 1. The molecule has 1 aromatic rings. The molecule has 0 saturated carbocycles. The summed E-state index contributed by atoms with van der Waals surface area (Å²) in [5.74, 6) is -0.474. The summed E-state index contributed by atoms with van der Waals surface area (Å²) in [7, 11) is 0. The van der Waals surface area contributed by atoms with Gasteiger partial charge in [-0.1, -0.05) is 37.3 Å². The van der Waals surface area contributed by atoms with Gasteiger partial charge in [0, 0.05) is 5.92 Å². The van der Waals surface area contributed by atoms with E-state index in [1.165, 1.54) is 0 Å². The molecule has 2 rings (SSSR count). The van der Waals surface area contributed by atoms with E-state index in [0.717, 1.165) is 5.56 Å². The van der Waals surface area contributed by atoms with Crippen LogP contribution < -0.4 is 5.32 Å². The molecule has 4 heteroatoms. The Morgan fingerprint density at radius 3 is 2.50 bits per heavy atom. The summed E-state index contributed by atoms with van der Waals surface area (Å²) in [5, 5.41) is 2.74. The summed E-state index contributed by atoms with van der Waals surface area (Å²) in [6, 6.07) is 8.93. The molecule has 1 aliphatic heterocycles. The van der Waals surface area contributed by atoms with Gasteiger partial charge in [-0.25, -0.2) is 4.79 Å². The summed E-state index contributed by atoms with van der Waals surface area (Å²) >= 11 is 0. The second-order valence-electron chi connectivity index (χ2n) is 4.71. The van der Waals surface area contributed by atoms with Crippen LogP contribution in [0, 0.1) is 5.92 Å². The fraction of sp³-hybridized carbons (Fsp3) is 0.429. The van der Waals surface area contributed by atoms with E-state index in [0.29, 0.717) is 0 Å². The number of carbonyl (C=O) groups excluding carboxylic acids is 2. The fourth-order valence-electron chi connectivity index (χ4n) is 2.05. The van der Waals surface area contributed by atoms with Crippen molar-refractivity contribution in [2.45, 2.75) is 32.4 Å². The van der Waals surface area contributed by atoms with Crippen LogP contribution >= 0.6 is 0 Å². The highest BCUT2D eigenvalue weighted by molar-refractivity contribution is 5.87. The first-order valence-corrected chi connectivity index (χ1v) is 6.11. The van der Waals surface area contributed by atoms with Crippen LogP contribution in [0.4, 0.5) is 0 Å². The van der Waals surface area contributed by atoms with Gasteiger partial charge in [0.2, 0.25) is 5.91 Å². The molecule has 0 spiro atoms. The number of hydrogen-bond acceptors (Lipinski definition) is 3. The first-order valence-electron chi connectivity index (χ1n) is 6.11. The number of hydrogen-bond donors (Lipinski definition) is 1. The molecule has 0 aromatic heterocycles. The highest BCUT2D eigenvalue weighted by atomic mass is 16.6. The molecule has 1 saturated heterocycles. The molecule has 1 amide bonds. The Labute approximate surface area is 106 Å². The largest absolute Gasteiger partial charge is 0.461 e. The molecule has 96 valence electrons. The second kappa shape index (κ2) is 5.21. The first kappa shape index (κ1) is 12.6. The van der Waals surface area contributed by atoms with Gasteiger partial charge in [-0.05, 0) is 12.5 Å². The Morgan fingerprint density at radius 2 is 1.94 bits per heavy atom. The number of carbonyl (C=O) groups is 2. The molecule has 1 aliphatic rings. The third-order valence-electron chi connectivity index (χ3n) is 3.35. The Balaban J connectivity index is 1.94. The van der Waals surface area contributed by atoms with Crippen LogP contribution in [0.5, 0.6) is 0 Å². The molecule has 0 bridgehead atoms. The summed E-state index contributed by atoms with van der Waals surface area (Å²) in [5.41, 5.74) is 0.932. The highest BCUT2D eigenvalue weighted by Gasteiger charge is 2.40. The van der Waals surface area contributed by atoms with Crippen molar-refractivity contribution in [1.82, 2.24) is 5.32 Å². The zero-order valence-electron chi connectivity index (χ0n) is 10.6. The number of esters is 1. The Bertz CT molecular complexity index is 444. The number of benzene rings is 1. The lowest BCUT2D eigenvalue weighted by molar-refractivity contribution is -0.143. The van der Waals surface area contributed by atoms with Crippen LogP contribution in [0.1, 0.15) is 19.4 Å². The topological polar surface area (TPSA) is 55.4 Å². The number of rotatable bonds is 3. The zero-order valence-corrected chi connectivity index (χ0v) is 10.6. The minimum atomic E-state index is -0.517. The predicted octanol–water partition coefficient (Wildman–Crippen LogP) is 1.30.